The second kappa shape index (κ2) is 4.67. The topological polar surface area (TPSA) is 9.23 Å². The molecule has 2 nitrogen and oxygen atoms in total. The number of likely N-dealkylation sites (N-methyl/N-ethyl adjacent to an activating group) is 1. The normalized spacial score (nSPS) is 11.4. The number of ether oxygens (including phenoxy) is 1. The van der Waals surface area contributed by atoms with Gasteiger partial charge in [-0.1, -0.05) is 11.6 Å². The highest BCUT2D eigenvalue weighted by Crippen LogP contribution is 2.15. The molecule has 1 aromatic carbocycles. The second-order valence-electron chi connectivity index (χ2n) is 4.32. The Balaban J connectivity index is 2.35. The van der Waals surface area contributed by atoms with Crippen molar-refractivity contribution in [3.63, 3.8) is 0 Å². The van der Waals surface area contributed by atoms with Crippen LogP contribution in [0.4, 0.5) is 0 Å². The number of benzene rings is 1. The van der Waals surface area contributed by atoms with Gasteiger partial charge >= 0.3 is 0 Å². The van der Waals surface area contributed by atoms with E-state index in [1.54, 1.807) is 0 Å². The van der Waals surface area contributed by atoms with Gasteiger partial charge in [0.05, 0.1) is 21.1 Å². The Hall–Kier alpha value is -0.730. The summed E-state index contributed by atoms with van der Waals surface area (Å²) in [5.74, 6) is 0.878. The lowest BCUT2D eigenvalue weighted by atomic mass is 10.3. The molecule has 0 aliphatic heterocycles. The highest BCUT2D eigenvalue weighted by Gasteiger charge is 2.06. The summed E-state index contributed by atoms with van der Waals surface area (Å²) in [5, 5.41) is 0.740. The summed E-state index contributed by atoms with van der Waals surface area (Å²) >= 11 is 5.76. The largest absolute Gasteiger partial charge is 0.488 e. The summed E-state index contributed by atoms with van der Waals surface area (Å²) in [6.45, 7) is 1.72. The molecule has 0 heterocycles. The molecule has 0 spiro atoms. The van der Waals surface area contributed by atoms with Gasteiger partial charge in [0.25, 0.3) is 0 Å². The molecule has 0 aromatic heterocycles. The maximum absolute atomic E-state index is 5.76. The molecule has 0 saturated heterocycles. The van der Waals surface area contributed by atoms with Crippen LogP contribution in [0, 0.1) is 0 Å². The van der Waals surface area contributed by atoms with Crippen molar-refractivity contribution in [3.8, 4) is 5.75 Å². The molecular formula is C11H17ClNO+. The van der Waals surface area contributed by atoms with Gasteiger partial charge in [0.1, 0.15) is 18.9 Å². The van der Waals surface area contributed by atoms with Crippen molar-refractivity contribution < 1.29 is 9.22 Å². The van der Waals surface area contributed by atoms with Crippen molar-refractivity contribution >= 4 is 11.6 Å². The quantitative estimate of drug-likeness (QED) is 0.700. The van der Waals surface area contributed by atoms with Crippen molar-refractivity contribution in [2.75, 3.05) is 34.3 Å². The van der Waals surface area contributed by atoms with Gasteiger partial charge in [-0.2, -0.15) is 0 Å². The Morgan fingerprint density at radius 3 is 2.21 bits per heavy atom. The molecule has 14 heavy (non-hydrogen) atoms. The number of nitrogens with zero attached hydrogens (tertiary/aromatic N) is 1. The van der Waals surface area contributed by atoms with E-state index in [1.165, 1.54) is 0 Å². The Labute approximate surface area is 90.6 Å². The lowest BCUT2D eigenvalue weighted by Crippen LogP contribution is -2.38. The van der Waals surface area contributed by atoms with E-state index in [9.17, 15) is 0 Å². The number of rotatable bonds is 4. The summed E-state index contributed by atoms with van der Waals surface area (Å²) in [5.41, 5.74) is 0. The smallest absolute Gasteiger partial charge is 0.137 e. The SMILES string of the molecule is C[N+](C)(C)CCOc1ccc(Cl)cc1. The summed E-state index contributed by atoms with van der Waals surface area (Å²) in [4.78, 5) is 0. The third kappa shape index (κ3) is 4.49. The summed E-state index contributed by atoms with van der Waals surface area (Å²) in [6, 6.07) is 7.45. The van der Waals surface area contributed by atoms with E-state index in [2.05, 4.69) is 21.1 Å². The Bertz CT molecular complexity index is 276. The molecule has 0 bridgehead atoms. The first-order valence-corrected chi connectivity index (χ1v) is 5.04. The lowest BCUT2D eigenvalue weighted by molar-refractivity contribution is -0.870. The van der Waals surface area contributed by atoms with Crippen LogP contribution >= 0.6 is 11.6 Å². The van der Waals surface area contributed by atoms with Gasteiger partial charge in [-0.15, -0.1) is 0 Å². The average Bonchev–Trinajstić information content (AvgIpc) is 2.06. The van der Waals surface area contributed by atoms with Crippen LogP contribution in [-0.2, 0) is 0 Å². The summed E-state index contributed by atoms with van der Waals surface area (Å²) in [7, 11) is 6.43. The first-order valence-electron chi connectivity index (χ1n) is 4.66. The molecule has 0 radical (unpaired) electrons. The predicted octanol–water partition coefficient (Wildman–Crippen LogP) is 2.43. The first kappa shape index (κ1) is 11.3. The van der Waals surface area contributed by atoms with Gasteiger partial charge in [-0.3, -0.25) is 0 Å². The van der Waals surface area contributed by atoms with E-state index in [0.29, 0.717) is 0 Å². The van der Waals surface area contributed by atoms with Crippen molar-refractivity contribution in [2.24, 2.45) is 0 Å². The van der Waals surface area contributed by atoms with E-state index in [4.69, 9.17) is 16.3 Å². The van der Waals surface area contributed by atoms with E-state index >= 15 is 0 Å². The molecule has 0 aliphatic carbocycles. The van der Waals surface area contributed by atoms with Crippen LogP contribution in [0.5, 0.6) is 5.75 Å². The summed E-state index contributed by atoms with van der Waals surface area (Å²) in [6.07, 6.45) is 0. The fourth-order valence-electron chi connectivity index (χ4n) is 0.968. The Morgan fingerprint density at radius 2 is 1.71 bits per heavy atom. The predicted molar refractivity (Wildman–Crippen MR) is 59.8 cm³/mol. The van der Waals surface area contributed by atoms with E-state index in [-0.39, 0.29) is 0 Å². The fraction of sp³-hybridized carbons (Fsp3) is 0.455. The Kier molecular flexibility index (Phi) is 3.78. The van der Waals surface area contributed by atoms with Crippen LogP contribution < -0.4 is 4.74 Å². The number of quaternary nitrogens is 1. The van der Waals surface area contributed by atoms with E-state index in [1.807, 2.05) is 24.3 Å². The third-order valence-corrected chi connectivity index (χ3v) is 2.10. The fourth-order valence-corrected chi connectivity index (χ4v) is 1.09. The zero-order valence-electron chi connectivity index (χ0n) is 8.96. The second-order valence-corrected chi connectivity index (χ2v) is 4.75. The van der Waals surface area contributed by atoms with Gasteiger partial charge in [0.2, 0.25) is 0 Å². The standard InChI is InChI=1S/C11H17ClNO/c1-13(2,3)8-9-14-11-6-4-10(12)5-7-11/h4-7H,8-9H2,1-3H3/q+1. The maximum atomic E-state index is 5.76. The highest BCUT2D eigenvalue weighted by molar-refractivity contribution is 6.30. The van der Waals surface area contributed by atoms with Gasteiger partial charge in [-0.05, 0) is 24.3 Å². The minimum Gasteiger partial charge on any atom is -0.488 e. The van der Waals surface area contributed by atoms with Crippen LogP contribution in [-0.4, -0.2) is 38.8 Å². The minimum absolute atomic E-state index is 0.727. The van der Waals surface area contributed by atoms with Gasteiger partial charge < -0.3 is 9.22 Å². The monoisotopic (exact) mass is 214 g/mol. The summed E-state index contributed by atoms with van der Waals surface area (Å²) < 4.78 is 6.47. The third-order valence-electron chi connectivity index (χ3n) is 1.84. The van der Waals surface area contributed by atoms with Crippen LogP contribution in [0.15, 0.2) is 24.3 Å². The molecule has 1 rings (SSSR count). The molecule has 0 N–H and O–H groups in total. The number of hydrogen-bond donors (Lipinski definition) is 0. The first-order chi connectivity index (χ1) is 6.47. The van der Waals surface area contributed by atoms with Gasteiger partial charge in [0, 0.05) is 5.02 Å². The van der Waals surface area contributed by atoms with Crippen molar-refractivity contribution in [1.82, 2.24) is 0 Å². The van der Waals surface area contributed by atoms with Crippen molar-refractivity contribution in [3.05, 3.63) is 29.3 Å². The molecule has 78 valence electrons. The lowest BCUT2D eigenvalue weighted by Gasteiger charge is -2.23. The molecule has 0 saturated carbocycles. The van der Waals surface area contributed by atoms with E-state index in [0.717, 1.165) is 28.4 Å². The highest BCUT2D eigenvalue weighted by atomic mass is 35.5. The minimum atomic E-state index is 0.727. The van der Waals surface area contributed by atoms with E-state index < -0.39 is 0 Å². The Morgan fingerprint density at radius 1 is 1.14 bits per heavy atom. The average molecular weight is 215 g/mol. The van der Waals surface area contributed by atoms with Crippen LogP contribution in [0.2, 0.25) is 5.02 Å². The van der Waals surface area contributed by atoms with Crippen LogP contribution in [0.3, 0.4) is 0 Å². The molecule has 0 unspecified atom stereocenters. The molecule has 0 amide bonds. The maximum Gasteiger partial charge on any atom is 0.137 e. The van der Waals surface area contributed by atoms with Gasteiger partial charge in [-0.25, -0.2) is 0 Å². The number of halogens is 1. The molecule has 3 heteroatoms. The number of hydrogen-bond acceptors (Lipinski definition) is 1. The van der Waals surface area contributed by atoms with Crippen LogP contribution in [0.1, 0.15) is 0 Å². The zero-order valence-corrected chi connectivity index (χ0v) is 9.71. The zero-order chi connectivity index (χ0) is 10.6. The molecule has 0 atom stereocenters. The molecular weight excluding hydrogens is 198 g/mol. The van der Waals surface area contributed by atoms with Crippen molar-refractivity contribution in [2.45, 2.75) is 0 Å². The van der Waals surface area contributed by atoms with Crippen LogP contribution in [0.25, 0.3) is 0 Å². The molecule has 0 fully saturated rings. The molecule has 1 aromatic rings. The molecule has 0 aliphatic rings. The van der Waals surface area contributed by atoms with Gasteiger partial charge in [0.15, 0.2) is 0 Å². The van der Waals surface area contributed by atoms with Crippen molar-refractivity contribution in [1.29, 1.82) is 0 Å².